The lowest BCUT2D eigenvalue weighted by atomic mass is 9.73. The van der Waals surface area contributed by atoms with Crippen molar-refractivity contribution in [3.8, 4) is 0 Å². The van der Waals surface area contributed by atoms with Gasteiger partial charge in [-0.2, -0.15) is 0 Å². The summed E-state index contributed by atoms with van der Waals surface area (Å²) in [4.78, 5) is 11.9. The van der Waals surface area contributed by atoms with Crippen molar-refractivity contribution in [2.45, 2.75) is 38.7 Å². The van der Waals surface area contributed by atoms with Gasteiger partial charge in [0.1, 0.15) is 23.0 Å². The fourth-order valence-electron chi connectivity index (χ4n) is 2.72. The highest BCUT2D eigenvalue weighted by Crippen LogP contribution is 2.35. The van der Waals surface area contributed by atoms with Gasteiger partial charge < -0.3 is 10.4 Å². The van der Waals surface area contributed by atoms with Gasteiger partial charge in [-0.3, -0.25) is 4.79 Å². The number of aliphatic hydroxyl groups excluding tert-OH is 1. The molecule has 1 aliphatic carbocycles. The SMILES string of the molecule is C[C@@]1(CNC(=O)c2c(F)cc(F)cc2F)CCCC[C@H]1O. The van der Waals surface area contributed by atoms with E-state index < -0.39 is 40.4 Å². The van der Waals surface area contributed by atoms with Crippen molar-refractivity contribution in [1.29, 1.82) is 0 Å². The highest BCUT2D eigenvalue weighted by molar-refractivity contribution is 5.94. The fraction of sp³-hybridized carbons (Fsp3) is 0.533. The van der Waals surface area contributed by atoms with E-state index in [1.165, 1.54) is 0 Å². The number of carbonyl (C=O) groups excluding carboxylic acids is 1. The maximum Gasteiger partial charge on any atom is 0.257 e. The minimum absolute atomic E-state index is 0.114. The van der Waals surface area contributed by atoms with E-state index in [0.29, 0.717) is 18.6 Å². The summed E-state index contributed by atoms with van der Waals surface area (Å²) in [6.07, 6.45) is 2.66. The van der Waals surface area contributed by atoms with Crippen LogP contribution in [-0.4, -0.2) is 23.7 Å². The first kappa shape index (κ1) is 15.8. The molecule has 3 nitrogen and oxygen atoms in total. The van der Waals surface area contributed by atoms with Gasteiger partial charge in [-0.25, -0.2) is 13.2 Å². The monoisotopic (exact) mass is 301 g/mol. The van der Waals surface area contributed by atoms with Crippen LogP contribution < -0.4 is 5.32 Å². The van der Waals surface area contributed by atoms with E-state index in [9.17, 15) is 23.1 Å². The van der Waals surface area contributed by atoms with E-state index in [1.807, 2.05) is 6.92 Å². The second-order valence-corrected chi connectivity index (χ2v) is 5.84. The summed E-state index contributed by atoms with van der Waals surface area (Å²) in [5.41, 5.74) is -1.31. The lowest BCUT2D eigenvalue weighted by Crippen LogP contribution is -2.45. The zero-order valence-electron chi connectivity index (χ0n) is 11.8. The highest BCUT2D eigenvalue weighted by Gasteiger charge is 2.36. The van der Waals surface area contributed by atoms with Crippen LogP contribution in [0.3, 0.4) is 0 Å². The van der Waals surface area contributed by atoms with Gasteiger partial charge in [-0.05, 0) is 12.8 Å². The van der Waals surface area contributed by atoms with Crippen molar-refractivity contribution in [2.75, 3.05) is 6.54 Å². The van der Waals surface area contributed by atoms with Gasteiger partial charge in [0.05, 0.1) is 6.10 Å². The molecule has 116 valence electrons. The van der Waals surface area contributed by atoms with Gasteiger partial charge >= 0.3 is 0 Å². The number of benzene rings is 1. The largest absolute Gasteiger partial charge is 0.392 e. The first-order valence-electron chi connectivity index (χ1n) is 6.94. The average molecular weight is 301 g/mol. The molecule has 1 aliphatic rings. The summed E-state index contributed by atoms with van der Waals surface area (Å²) < 4.78 is 39.8. The lowest BCUT2D eigenvalue weighted by molar-refractivity contribution is 0.00186. The lowest BCUT2D eigenvalue weighted by Gasteiger charge is -2.38. The molecule has 1 aromatic carbocycles. The Morgan fingerprint density at radius 1 is 1.33 bits per heavy atom. The first-order chi connectivity index (χ1) is 9.83. The molecule has 2 rings (SSSR count). The molecule has 6 heteroatoms. The summed E-state index contributed by atoms with van der Waals surface area (Å²) in [6, 6.07) is 0.935. The molecular formula is C15H18F3NO2. The maximum absolute atomic E-state index is 13.5. The molecule has 0 spiro atoms. The summed E-state index contributed by atoms with van der Waals surface area (Å²) in [5.74, 6) is -4.49. The molecule has 0 aromatic heterocycles. The van der Waals surface area contributed by atoms with Crippen LogP contribution in [0.15, 0.2) is 12.1 Å². The van der Waals surface area contributed by atoms with Gasteiger partial charge in [0, 0.05) is 24.1 Å². The van der Waals surface area contributed by atoms with Crippen LogP contribution in [0.4, 0.5) is 13.2 Å². The Balaban J connectivity index is 2.09. The zero-order valence-corrected chi connectivity index (χ0v) is 11.8. The molecule has 0 radical (unpaired) electrons. The molecule has 1 aromatic rings. The van der Waals surface area contributed by atoms with Gasteiger partial charge in [-0.15, -0.1) is 0 Å². The number of aliphatic hydroxyl groups is 1. The van der Waals surface area contributed by atoms with E-state index >= 15 is 0 Å². The summed E-state index contributed by atoms with van der Waals surface area (Å²) in [6.45, 7) is 1.94. The number of nitrogens with one attached hydrogen (secondary N) is 1. The third kappa shape index (κ3) is 3.37. The fourth-order valence-corrected chi connectivity index (χ4v) is 2.72. The summed E-state index contributed by atoms with van der Waals surface area (Å²) >= 11 is 0. The highest BCUT2D eigenvalue weighted by atomic mass is 19.1. The number of carbonyl (C=O) groups is 1. The van der Waals surface area contributed by atoms with Crippen molar-refractivity contribution in [1.82, 2.24) is 5.32 Å². The van der Waals surface area contributed by atoms with E-state index in [2.05, 4.69) is 5.32 Å². The number of hydrogen-bond donors (Lipinski definition) is 2. The van der Waals surface area contributed by atoms with Gasteiger partial charge in [0.25, 0.3) is 5.91 Å². The van der Waals surface area contributed by atoms with Crippen molar-refractivity contribution >= 4 is 5.91 Å². The number of hydrogen-bond acceptors (Lipinski definition) is 2. The Morgan fingerprint density at radius 2 is 1.95 bits per heavy atom. The molecule has 0 aliphatic heterocycles. The van der Waals surface area contributed by atoms with E-state index in [4.69, 9.17) is 0 Å². The minimum atomic E-state index is -1.24. The molecule has 2 atom stereocenters. The minimum Gasteiger partial charge on any atom is -0.392 e. The van der Waals surface area contributed by atoms with Crippen LogP contribution in [0.5, 0.6) is 0 Å². The van der Waals surface area contributed by atoms with E-state index in [-0.39, 0.29) is 6.54 Å². The quantitative estimate of drug-likeness (QED) is 0.902. The Morgan fingerprint density at radius 3 is 2.52 bits per heavy atom. The molecule has 0 saturated heterocycles. The number of amides is 1. The van der Waals surface area contributed by atoms with Crippen molar-refractivity contribution in [3.05, 3.63) is 35.1 Å². The van der Waals surface area contributed by atoms with Crippen molar-refractivity contribution in [3.63, 3.8) is 0 Å². The molecular weight excluding hydrogens is 283 g/mol. The Bertz CT molecular complexity index is 527. The van der Waals surface area contributed by atoms with Crippen molar-refractivity contribution in [2.24, 2.45) is 5.41 Å². The molecule has 21 heavy (non-hydrogen) atoms. The second kappa shape index (κ2) is 6.05. The van der Waals surface area contributed by atoms with Crippen LogP contribution in [0, 0.1) is 22.9 Å². The summed E-state index contributed by atoms with van der Waals surface area (Å²) in [5, 5.41) is 12.4. The molecule has 0 heterocycles. The molecule has 1 amide bonds. The van der Waals surface area contributed by atoms with Crippen LogP contribution in [-0.2, 0) is 0 Å². The smallest absolute Gasteiger partial charge is 0.257 e. The van der Waals surface area contributed by atoms with Crippen LogP contribution in [0.25, 0.3) is 0 Å². The van der Waals surface area contributed by atoms with E-state index in [0.717, 1.165) is 19.3 Å². The third-order valence-electron chi connectivity index (χ3n) is 4.17. The predicted molar refractivity (Wildman–Crippen MR) is 71.2 cm³/mol. The normalized spacial score (nSPS) is 25.7. The summed E-state index contributed by atoms with van der Waals surface area (Å²) in [7, 11) is 0. The number of halogens is 3. The molecule has 0 bridgehead atoms. The van der Waals surface area contributed by atoms with Gasteiger partial charge in [0.15, 0.2) is 0 Å². The molecule has 0 unspecified atom stereocenters. The average Bonchev–Trinajstić information content (AvgIpc) is 2.39. The Kier molecular flexibility index (Phi) is 4.56. The van der Waals surface area contributed by atoms with Crippen LogP contribution >= 0.6 is 0 Å². The first-order valence-corrected chi connectivity index (χ1v) is 6.94. The molecule has 1 saturated carbocycles. The van der Waals surface area contributed by atoms with Crippen molar-refractivity contribution < 1.29 is 23.1 Å². The second-order valence-electron chi connectivity index (χ2n) is 5.84. The van der Waals surface area contributed by atoms with Gasteiger partial charge in [0.2, 0.25) is 0 Å². The van der Waals surface area contributed by atoms with Gasteiger partial charge in [-0.1, -0.05) is 19.8 Å². The Hall–Kier alpha value is -1.56. The topological polar surface area (TPSA) is 49.3 Å². The standard InChI is InChI=1S/C15H18F3NO2/c1-15(5-3-2-4-12(15)20)8-19-14(21)13-10(17)6-9(16)7-11(13)18/h6-7,12,20H,2-5,8H2,1H3,(H,19,21)/t12-,15+/m1/s1. The zero-order chi connectivity index (χ0) is 15.6. The number of rotatable bonds is 3. The predicted octanol–water partition coefficient (Wildman–Crippen LogP) is 2.77. The molecule has 2 N–H and O–H groups in total. The van der Waals surface area contributed by atoms with Crippen LogP contribution in [0.1, 0.15) is 43.0 Å². The van der Waals surface area contributed by atoms with Crippen LogP contribution in [0.2, 0.25) is 0 Å². The third-order valence-corrected chi connectivity index (χ3v) is 4.17. The maximum atomic E-state index is 13.5. The Labute approximate surface area is 121 Å². The van der Waals surface area contributed by atoms with E-state index in [1.54, 1.807) is 0 Å². The molecule has 1 fully saturated rings.